The second-order valence-electron chi connectivity index (χ2n) is 7.99. The van der Waals surface area contributed by atoms with Crippen LogP contribution in [0, 0.1) is 6.92 Å². The number of sulfone groups is 1. The van der Waals surface area contributed by atoms with E-state index in [0.717, 1.165) is 11.1 Å². The topological polar surface area (TPSA) is 110 Å². The highest BCUT2D eigenvalue weighted by Gasteiger charge is 2.32. The van der Waals surface area contributed by atoms with Crippen molar-refractivity contribution in [3.63, 3.8) is 0 Å². The van der Waals surface area contributed by atoms with Crippen LogP contribution in [0.5, 0.6) is 0 Å². The third-order valence-electron chi connectivity index (χ3n) is 5.33. The number of anilines is 2. The summed E-state index contributed by atoms with van der Waals surface area (Å²) in [6.07, 6.45) is 0.467. The van der Waals surface area contributed by atoms with Gasteiger partial charge in [-0.15, -0.1) is 0 Å². The van der Waals surface area contributed by atoms with Gasteiger partial charge >= 0.3 is 0 Å². The van der Waals surface area contributed by atoms with Crippen LogP contribution < -0.4 is 10.6 Å². The molecule has 2 N–H and O–H groups in total. The van der Waals surface area contributed by atoms with E-state index in [-0.39, 0.29) is 29.1 Å². The van der Waals surface area contributed by atoms with Gasteiger partial charge in [-0.3, -0.25) is 14.3 Å². The predicted molar refractivity (Wildman–Crippen MR) is 123 cm³/mol. The molecule has 8 nitrogen and oxygen atoms in total. The van der Waals surface area contributed by atoms with Crippen LogP contribution in [0.1, 0.15) is 35.4 Å². The summed E-state index contributed by atoms with van der Waals surface area (Å²) >= 11 is 0. The second kappa shape index (κ2) is 8.58. The Hall–Kier alpha value is -3.46. The molecule has 1 aliphatic heterocycles. The molecule has 0 saturated carbocycles. The Kier molecular flexibility index (Phi) is 5.84. The van der Waals surface area contributed by atoms with Crippen molar-refractivity contribution in [3.8, 4) is 11.3 Å². The molecule has 2 amide bonds. The van der Waals surface area contributed by atoms with Crippen LogP contribution in [0.2, 0.25) is 0 Å². The van der Waals surface area contributed by atoms with Crippen LogP contribution >= 0.6 is 0 Å². The molecule has 166 valence electrons. The SMILES string of the molecule is CC(=O)Nc1ccc(NC(=O)c2cc(-c3ccc(C)cc3)n([C@H]3CCS(=O)(=O)C3)n2)cc1. The third-order valence-corrected chi connectivity index (χ3v) is 7.08. The molecule has 0 radical (unpaired) electrons. The number of amides is 2. The maximum Gasteiger partial charge on any atom is 0.276 e. The lowest BCUT2D eigenvalue weighted by Crippen LogP contribution is -2.16. The molecular weight excluding hydrogens is 428 g/mol. The minimum Gasteiger partial charge on any atom is -0.326 e. The van der Waals surface area contributed by atoms with Crippen molar-refractivity contribution in [2.24, 2.45) is 0 Å². The molecule has 4 rings (SSSR count). The monoisotopic (exact) mass is 452 g/mol. The quantitative estimate of drug-likeness (QED) is 0.616. The average molecular weight is 453 g/mol. The second-order valence-corrected chi connectivity index (χ2v) is 10.2. The summed E-state index contributed by atoms with van der Waals surface area (Å²) in [5.41, 5.74) is 4.06. The third kappa shape index (κ3) is 4.88. The van der Waals surface area contributed by atoms with Crippen molar-refractivity contribution in [1.29, 1.82) is 0 Å². The van der Waals surface area contributed by atoms with Crippen molar-refractivity contribution >= 4 is 33.0 Å². The van der Waals surface area contributed by atoms with Gasteiger partial charge in [-0.2, -0.15) is 5.10 Å². The van der Waals surface area contributed by atoms with Gasteiger partial charge < -0.3 is 10.6 Å². The van der Waals surface area contributed by atoms with E-state index in [1.165, 1.54) is 6.92 Å². The number of aryl methyl sites for hydroxylation is 1. The zero-order valence-corrected chi connectivity index (χ0v) is 18.6. The fourth-order valence-corrected chi connectivity index (χ4v) is 5.42. The highest BCUT2D eigenvalue weighted by Crippen LogP contribution is 2.30. The highest BCUT2D eigenvalue weighted by atomic mass is 32.2. The smallest absolute Gasteiger partial charge is 0.276 e. The Morgan fingerprint density at radius 3 is 2.19 bits per heavy atom. The van der Waals surface area contributed by atoms with Crippen molar-refractivity contribution in [1.82, 2.24) is 9.78 Å². The normalized spacial score (nSPS) is 17.1. The van der Waals surface area contributed by atoms with Gasteiger partial charge in [-0.05, 0) is 49.2 Å². The Morgan fingerprint density at radius 2 is 1.62 bits per heavy atom. The summed E-state index contributed by atoms with van der Waals surface area (Å²) in [5, 5.41) is 9.97. The summed E-state index contributed by atoms with van der Waals surface area (Å²) in [4.78, 5) is 24.0. The Bertz CT molecular complexity index is 1260. The molecule has 2 aromatic carbocycles. The average Bonchev–Trinajstić information content (AvgIpc) is 3.33. The van der Waals surface area contributed by atoms with Crippen LogP contribution in [0.4, 0.5) is 11.4 Å². The van der Waals surface area contributed by atoms with E-state index < -0.39 is 15.7 Å². The molecular formula is C23H24N4O4S. The summed E-state index contributed by atoms with van der Waals surface area (Å²) in [7, 11) is -3.11. The standard InChI is InChI=1S/C23H24N4O4S/c1-15-3-5-17(6-4-15)22-13-21(26-27(22)20-11-12-32(30,31)14-20)23(29)25-19-9-7-18(8-10-19)24-16(2)28/h3-10,13,20H,11-12,14H2,1-2H3,(H,24,28)(H,25,29)/t20-/m0/s1. The number of benzene rings is 2. The fourth-order valence-electron chi connectivity index (χ4n) is 3.73. The van der Waals surface area contributed by atoms with E-state index in [1.54, 1.807) is 35.0 Å². The van der Waals surface area contributed by atoms with Crippen LogP contribution in [-0.4, -0.2) is 41.5 Å². The molecule has 32 heavy (non-hydrogen) atoms. The molecule has 1 fully saturated rings. The van der Waals surface area contributed by atoms with Gasteiger partial charge in [0.2, 0.25) is 5.91 Å². The first-order chi connectivity index (χ1) is 15.2. The van der Waals surface area contributed by atoms with Crippen LogP contribution in [-0.2, 0) is 14.6 Å². The van der Waals surface area contributed by atoms with Gasteiger partial charge in [-0.1, -0.05) is 29.8 Å². The number of nitrogens with zero attached hydrogens (tertiary/aromatic N) is 2. The molecule has 0 unspecified atom stereocenters. The molecule has 1 aromatic heterocycles. The van der Waals surface area contributed by atoms with Crippen molar-refractivity contribution in [3.05, 3.63) is 65.9 Å². The van der Waals surface area contributed by atoms with Crippen molar-refractivity contribution in [2.45, 2.75) is 26.3 Å². The van der Waals surface area contributed by atoms with E-state index >= 15 is 0 Å². The van der Waals surface area contributed by atoms with Crippen LogP contribution in [0.3, 0.4) is 0 Å². The summed E-state index contributed by atoms with van der Waals surface area (Å²) in [6.45, 7) is 3.41. The zero-order chi connectivity index (χ0) is 22.9. The maximum absolute atomic E-state index is 12.9. The van der Waals surface area contributed by atoms with Gasteiger partial charge in [0.25, 0.3) is 5.91 Å². The van der Waals surface area contributed by atoms with E-state index in [4.69, 9.17) is 0 Å². The zero-order valence-electron chi connectivity index (χ0n) is 17.8. The van der Waals surface area contributed by atoms with Gasteiger partial charge in [-0.25, -0.2) is 8.42 Å². The minimum atomic E-state index is -3.11. The number of carbonyl (C=O) groups excluding carboxylic acids is 2. The number of rotatable bonds is 5. The number of hydrogen-bond acceptors (Lipinski definition) is 5. The predicted octanol–water partition coefficient (Wildman–Crippen LogP) is 3.43. The molecule has 0 spiro atoms. The van der Waals surface area contributed by atoms with Crippen LogP contribution in [0.25, 0.3) is 11.3 Å². The van der Waals surface area contributed by atoms with Gasteiger partial charge in [0.1, 0.15) is 0 Å². The number of hydrogen-bond donors (Lipinski definition) is 2. The number of carbonyl (C=O) groups is 2. The maximum atomic E-state index is 12.9. The van der Waals surface area contributed by atoms with E-state index in [9.17, 15) is 18.0 Å². The number of nitrogens with one attached hydrogen (secondary N) is 2. The van der Waals surface area contributed by atoms with Gasteiger partial charge in [0, 0.05) is 18.3 Å². The molecule has 0 aliphatic carbocycles. The minimum absolute atomic E-state index is 0.0131. The molecule has 1 saturated heterocycles. The van der Waals surface area contributed by atoms with Crippen LogP contribution in [0.15, 0.2) is 54.6 Å². The summed E-state index contributed by atoms with van der Waals surface area (Å²) in [5.74, 6) is -0.443. The lowest BCUT2D eigenvalue weighted by atomic mass is 10.1. The Morgan fingerprint density at radius 1 is 1.00 bits per heavy atom. The van der Waals surface area contributed by atoms with Crippen molar-refractivity contribution in [2.75, 3.05) is 22.1 Å². The largest absolute Gasteiger partial charge is 0.326 e. The Balaban J connectivity index is 1.62. The molecule has 1 aliphatic rings. The first-order valence-corrected chi connectivity index (χ1v) is 12.1. The first kappa shape index (κ1) is 21.8. The molecule has 2 heterocycles. The number of aromatic nitrogens is 2. The van der Waals surface area contributed by atoms with E-state index in [1.807, 2.05) is 31.2 Å². The van der Waals surface area contributed by atoms with E-state index in [0.29, 0.717) is 23.5 Å². The van der Waals surface area contributed by atoms with E-state index in [2.05, 4.69) is 15.7 Å². The van der Waals surface area contributed by atoms with Gasteiger partial charge in [0.15, 0.2) is 15.5 Å². The fraction of sp³-hybridized carbons (Fsp3) is 0.261. The molecule has 1 atom stereocenters. The van der Waals surface area contributed by atoms with Gasteiger partial charge in [0.05, 0.1) is 23.2 Å². The molecule has 0 bridgehead atoms. The molecule has 3 aromatic rings. The highest BCUT2D eigenvalue weighted by molar-refractivity contribution is 7.91. The van der Waals surface area contributed by atoms with Crippen molar-refractivity contribution < 1.29 is 18.0 Å². The molecule has 9 heteroatoms. The Labute approximate surface area is 186 Å². The summed E-state index contributed by atoms with van der Waals surface area (Å²) in [6, 6.07) is 15.9. The summed E-state index contributed by atoms with van der Waals surface area (Å²) < 4.78 is 25.7. The lowest BCUT2D eigenvalue weighted by molar-refractivity contribution is -0.114. The first-order valence-electron chi connectivity index (χ1n) is 10.3. The lowest BCUT2D eigenvalue weighted by Gasteiger charge is -2.13.